The second-order valence-electron chi connectivity index (χ2n) is 8.57. The minimum Gasteiger partial charge on any atom is -0.497 e. The van der Waals surface area contributed by atoms with Crippen molar-refractivity contribution in [3.63, 3.8) is 0 Å². The van der Waals surface area contributed by atoms with Crippen molar-refractivity contribution in [3.8, 4) is 5.75 Å². The van der Waals surface area contributed by atoms with Gasteiger partial charge in [-0.1, -0.05) is 24.3 Å². The van der Waals surface area contributed by atoms with Crippen LogP contribution in [0.5, 0.6) is 5.75 Å². The average Bonchev–Trinajstić information content (AvgIpc) is 3.03. The number of ether oxygens (including phenoxy) is 1. The maximum absolute atomic E-state index is 12.9. The first-order chi connectivity index (χ1) is 16.1. The highest BCUT2D eigenvalue weighted by Crippen LogP contribution is 2.24. The summed E-state index contributed by atoms with van der Waals surface area (Å²) in [5.41, 5.74) is 2.53. The van der Waals surface area contributed by atoms with E-state index in [0.717, 1.165) is 27.3 Å². The van der Waals surface area contributed by atoms with Gasteiger partial charge in [-0.3, -0.25) is 19.3 Å². The van der Waals surface area contributed by atoms with Crippen molar-refractivity contribution in [3.05, 3.63) is 59.2 Å². The normalized spacial score (nSPS) is 17.4. The van der Waals surface area contributed by atoms with E-state index in [9.17, 15) is 19.2 Å². The van der Waals surface area contributed by atoms with Gasteiger partial charge in [0.25, 0.3) is 5.91 Å². The number of amides is 5. The standard InChI is InChI=1S/C25H30N4O5/c1-16-6-5-7-20(17(16)2)27-21(30)14-26-22(31)15-29-23(32)25(3,28-24(29)33)13-12-18-8-10-19(34-4)11-9-18/h5-11H,12-15H2,1-4H3,(H,26,31)(H,27,30)(H,28,33). The van der Waals surface area contributed by atoms with E-state index in [0.29, 0.717) is 18.5 Å². The molecule has 9 heteroatoms. The first-order valence-electron chi connectivity index (χ1n) is 11.0. The predicted molar refractivity (Wildman–Crippen MR) is 128 cm³/mol. The lowest BCUT2D eigenvalue weighted by Gasteiger charge is -2.21. The molecule has 1 unspecified atom stereocenters. The summed E-state index contributed by atoms with van der Waals surface area (Å²) in [4.78, 5) is 50.7. The quantitative estimate of drug-likeness (QED) is 0.491. The van der Waals surface area contributed by atoms with Gasteiger partial charge in [0.2, 0.25) is 11.8 Å². The topological polar surface area (TPSA) is 117 Å². The van der Waals surface area contributed by atoms with E-state index in [1.54, 1.807) is 20.1 Å². The van der Waals surface area contributed by atoms with E-state index in [2.05, 4.69) is 16.0 Å². The number of rotatable bonds is 9. The minimum absolute atomic E-state index is 0.273. The molecule has 5 amide bonds. The van der Waals surface area contributed by atoms with Crippen LogP contribution in [0.1, 0.15) is 30.0 Å². The molecule has 1 saturated heterocycles. The molecular weight excluding hydrogens is 436 g/mol. The molecule has 9 nitrogen and oxygen atoms in total. The van der Waals surface area contributed by atoms with Gasteiger partial charge in [0.05, 0.1) is 13.7 Å². The fourth-order valence-corrected chi connectivity index (χ4v) is 3.71. The lowest BCUT2D eigenvalue weighted by Crippen LogP contribution is -2.46. The second-order valence-corrected chi connectivity index (χ2v) is 8.57. The van der Waals surface area contributed by atoms with Crippen molar-refractivity contribution >= 4 is 29.4 Å². The van der Waals surface area contributed by atoms with Crippen LogP contribution in [-0.4, -0.2) is 54.4 Å². The summed E-state index contributed by atoms with van der Waals surface area (Å²) in [6.07, 6.45) is 0.936. The first kappa shape index (κ1) is 24.8. The average molecular weight is 467 g/mol. The van der Waals surface area contributed by atoms with Gasteiger partial charge in [0.1, 0.15) is 17.8 Å². The van der Waals surface area contributed by atoms with Crippen LogP contribution in [0.4, 0.5) is 10.5 Å². The number of benzene rings is 2. The summed E-state index contributed by atoms with van der Waals surface area (Å²) in [6.45, 7) is 4.75. The molecule has 1 heterocycles. The van der Waals surface area contributed by atoms with Gasteiger partial charge in [0.15, 0.2) is 0 Å². The van der Waals surface area contributed by atoms with Gasteiger partial charge in [-0.05, 0) is 68.5 Å². The Bertz CT molecular complexity index is 1100. The Morgan fingerprint density at radius 3 is 2.44 bits per heavy atom. The molecule has 1 aliphatic rings. The Balaban J connectivity index is 1.51. The number of nitrogens with zero attached hydrogens (tertiary/aromatic N) is 1. The van der Waals surface area contributed by atoms with Gasteiger partial charge in [-0.2, -0.15) is 0 Å². The van der Waals surface area contributed by atoms with Crippen LogP contribution in [0.25, 0.3) is 0 Å². The van der Waals surface area contributed by atoms with Crippen molar-refractivity contribution in [1.29, 1.82) is 0 Å². The number of hydrogen-bond donors (Lipinski definition) is 3. The molecule has 1 fully saturated rings. The maximum atomic E-state index is 12.9. The number of methoxy groups -OCH3 is 1. The molecule has 34 heavy (non-hydrogen) atoms. The van der Waals surface area contributed by atoms with Crippen molar-refractivity contribution in [2.75, 3.05) is 25.5 Å². The lowest BCUT2D eigenvalue weighted by atomic mass is 9.93. The van der Waals surface area contributed by atoms with Crippen LogP contribution in [-0.2, 0) is 20.8 Å². The van der Waals surface area contributed by atoms with E-state index >= 15 is 0 Å². The summed E-state index contributed by atoms with van der Waals surface area (Å²) in [7, 11) is 1.59. The molecule has 2 aromatic carbocycles. The van der Waals surface area contributed by atoms with Gasteiger partial charge >= 0.3 is 6.03 Å². The monoisotopic (exact) mass is 466 g/mol. The van der Waals surface area contributed by atoms with Crippen LogP contribution in [0, 0.1) is 13.8 Å². The van der Waals surface area contributed by atoms with Crippen molar-refractivity contribution < 1.29 is 23.9 Å². The molecule has 3 rings (SSSR count). The Morgan fingerprint density at radius 1 is 1.06 bits per heavy atom. The minimum atomic E-state index is -1.11. The summed E-state index contributed by atoms with van der Waals surface area (Å²) in [5.74, 6) is -0.733. The molecule has 0 aliphatic carbocycles. The van der Waals surface area contributed by atoms with Crippen LogP contribution < -0.4 is 20.7 Å². The van der Waals surface area contributed by atoms with Gasteiger partial charge in [-0.25, -0.2) is 4.79 Å². The van der Waals surface area contributed by atoms with E-state index in [4.69, 9.17) is 4.74 Å². The fourth-order valence-electron chi connectivity index (χ4n) is 3.71. The highest BCUT2D eigenvalue weighted by atomic mass is 16.5. The predicted octanol–water partition coefficient (Wildman–Crippen LogP) is 2.31. The largest absolute Gasteiger partial charge is 0.497 e. The third kappa shape index (κ3) is 5.72. The highest BCUT2D eigenvalue weighted by molar-refractivity contribution is 6.09. The number of imide groups is 1. The summed E-state index contributed by atoms with van der Waals surface area (Å²) < 4.78 is 5.14. The first-order valence-corrected chi connectivity index (χ1v) is 11.0. The highest BCUT2D eigenvalue weighted by Gasteiger charge is 2.47. The van der Waals surface area contributed by atoms with Crippen LogP contribution >= 0.6 is 0 Å². The smallest absolute Gasteiger partial charge is 0.325 e. The van der Waals surface area contributed by atoms with E-state index in [1.165, 1.54) is 0 Å². The van der Waals surface area contributed by atoms with Crippen LogP contribution in [0.15, 0.2) is 42.5 Å². The SMILES string of the molecule is COc1ccc(CCC2(C)NC(=O)N(CC(=O)NCC(=O)Nc3cccc(C)c3C)C2=O)cc1. The zero-order chi connectivity index (χ0) is 24.9. The number of urea groups is 1. The molecular formula is C25H30N4O5. The summed E-state index contributed by atoms with van der Waals surface area (Å²) >= 11 is 0. The zero-order valence-electron chi connectivity index (χ0n) is 19.9. The lowest BCUT2D eigenvalue weighted by molar-refractivity contribution is -0.134. The summed E-state index contributed by atoms with van der Waals surface area (Å²) in [6, 6.07) is 12.4. The fraction of sp³-hybridized carbons (Fsp3) is 0.360. The number of hydrogen-bond acceptors (Lipinski definition) is 5. The van der Waals surface area contributed by atoms with Crippen molar-refractivity contribution in [2.45, 2.75) is 39.2 Å². The Labute approximate surface area is 198 Å². The molecule has 3 N–H and O–H groups in total. The molecule has 0 aromatic heterocycles. The Kier molecular flexibility index (Phi) is 7.55. The molecule has 1 atom stereocenters. The number of carbonyl (C=O) groups excluding carboxylic acids is 4. The molecule has 180 valence electrons. The van der Waals surface area contributed by atoms with E-state index in [-0.39, 0.29) is 6.54 Å². The molecule has 1 aliphatic heterocycles. The Hall–Kier alpha value is -3.88. The maximum Gasteiger partial charge on any atom is 0.325 e. The molecule has 0 saturated carbocycles. The molecule has 2 aromatic rings. The third-order valence-corrected chi connectivity index (χ3v) is 6.04. The third-order valence-electron chi connectivity index (χ3n) is 6.04. The van der Waals surface area contributed by atoms with Gasteiger partial charge in [-0.15, -0.1) is 0 Å². The van der Waals surface area contributed by atoms with Gasteiger partial charge in [0, 0.05) is 5.69 Å². The van der Waals surface area contributed by atoms with E-state index in [1.807, 2.05) is 50.2 Å². The molecule has 0 spiro atoms. The number of aryl methyl sites for hydroxylation is 2. The van der Waals surface area contributed by atoms with Crippen LogP contribution in [0.3, 0.4) is 0 Å². The van der Waals surface area contributed by atoms with Crippen LogP contribution in [0.2, 0.25) is 0 Å². The number of anilines is 1. The molecule has 0 radical (unpaired) electrons. The van der Waals surface area contributed by atoms with Crippen molar-refractivity contribution in [2.24, 2.45) is 0 Å². The summed E-state index contributed by atoms with van der Waals surface area (Å²) in [5, 5.41) is 7.90. The second kappa shape index (κ2) is 10.4. The Morgan fingerprint density at radius 2 is 1.76 bits per heavy atom. The number of carbonyl (C=O) groups is 4. The number of nitrogens with one attached hydrogen (secondary N) is 3. The van der Waals surface area contributed by atoms with E-state index < -0.39 is 35.8 Å². The van der Waals surface area contributed by atoms with Gasteiger partial charge < -0.3 is 20.7 Å². The molecule has 0 bridgehead atoms. The zero-order valence-corrected chi connectivity index (χ0v) is 19.9. The van der Waals surface area contributed by atoms with Crippen molar-refractivity contribution in [1.82, 2.24) is 15.5 Å².